The molecule has 2 amide bonds. The molecule has 7 nitrogen and oxygen atoms in total. The Hall–Kier alpha value is -3.65. The van der Waals surface area contributed by atoms with Crippen LogP contribution in [0.1, 0.15) is 32.1 Å². The minimum absolute atomic E-state index is 0.175. The van der Waals surface area contributed by atoms with Crippen molar-refractivity contribution in [3.8, 4) is 11.3 Å². The zero-order valence-electron chi connectivity index (χ0n) is 18.3. The Bertz CT molecular complexity index is 1440. The van der Waals surface area contributed by atoms with E-state index in [-0.39, 0.29) is 11.4 Å². The average molecular weight is 446 g/mol. The second-order valence-corrected chi connectivity index (χ2v) is 9.84. The fourth-order valence-electron chi connectivity index (χ4n) is 3.44. The molecular formula is C24H23N5O2S. The molecule has 0 saturated carbocycles. The number of thiazole rings is 1. The Balaban J connectivity index is 1.29. The van der Waals surface area contributed by atoms with Gasteiger partial charge >= 0.3 is 6.03 Å². The van der Waals surface area contributed by atoms with Gasteiger partial charge in [0.15, 0.2) is 10.8 Å². The average Bonchev–Trinajstić information content (AvgIpc) is 3.42. The maximum atomic E-state index is 12.3. The summed E-state index contributed by atoms with van der Waals surface area (Å²) in [6.07, 6.45) is 2.05. The molecule has 2 N–H and O–H groups in total. The summed E-state index contributed by atoms with van der Waals surface area (Å²) in [5.74, 6) is 1.09. The predicted molar refractivity (Wildman–Crippen MR) is 129 cm³/mol. The Morgan fingerprint density at radius 3 is 2.56 bits per heavy atom. The van der Waals surface area contributed by atoms with Crippen LogP contribution in [0.4, 0.5) is 16.3 Å². The molecule has 0 saturated heterocycles. The van der Waals surface area contributed by atoms with Crippen LogP contribution >= 0.6 is 11.3 Å². The predicted octanol–water partition coefficient (Wildman–Crippen LogP) is 6.45. The van der Waals surface area contributed by atoms with Crippen molar-refractivity contribution in [1.29, 1.82) is 0 Å². The van der Waals surface area contributed by atoms with Gasteiger partial charge in [-0.15, -0.1) is 0 Å². The van der Waals surface area contributed by atoms with E-state index in [0.29, 0.717) is 17.3 Å². The number of amides is 2. The summed E-state index contributed by atoms with van der Waals surface area (Å²) >= 11 is 1.68. The lowest BCUT2D eigenvalue weighted by molar-refractivity contribution is 0.262. The number of imidazole rings is 1. The van der Waals surface area contributed by atoms with E-state index in [2.05, 4.69) is 51.5 Å². The minimum Gasteiger partial charge on any atom is -0.359 e. The van der Waals surface area contributed by atoms with E-state index in [9.17, 15) is 4.79 Å². The van der Waals surface area contributed by atoms with Crippen molar-refractivity contribution in [3.05, 3.63) is 66.1 Å². The fraction of sp³-hybridized carbons (Fsp3) is 0.208. The zero-order chi connectivity index (χ0) is 22.5. The van der Waals surface area contributed by atoms with Gasteiger partial charge in [0.2, 0.25) is 0 Å². The number of rotatable bonds is 3. The van der Waals surface area contributed by atoms with Crippen LogP contribution in [0.3, 0.4) is 0 Å². The van der Waals surface area contributed by atoms with Crippen molar-refractivity contribution in [2.24, 2.45) is 0 Å². The number of hydrogen-bond donors (Lipinski definition) is 2. The molecule has 3 aromatic heterocycles. The van der Waals surface area contributed by atoms with Crippen molar-refractivity contribution in [1.82, 2.24) is 14.5 Å². The summed E-state index contributed by atoms with van der Waals surface area (Å²) < 4.78 is 8.65. The quantitative estimate of drug-likeness (QED) is 0.334. The third-order valence-electron chi connectivity index (χ3n) is 5.18. The maximum absolute atomic E-state index is 12.3. The van der Waals surface area contributed by atoms with Crippen LogP contribution < -0.4 is 10.6 Å². The largest absolute Gasteiger partial charge is 0.359 e. The topological polar surface area (TPSA) is 84.5 Å². The van der Waals surface area contributed by atoms with Gasteiger partial charge < -0.3 is 9.84 Å². The molecule has 0 radical (unpaired) electrons. The van der Waals surface area contributed by atoms with E-state index in [1.165, 1.54) is 10.3 Å². The third kappa shape index (κ3) is 3.85. The molecular weight excluding hydrogens is 422 g/mol. The van der Waals surface area contributed by atoms with Crippen molar-refractivity contribution >= 4 is 44.1 Å². The molecule has 0 aliphatic rings. The molecule has 5 aromatic rings. The highest BCUT2D eigenvalue weighted by molar-refractivity contribution is 7.23. The number of aryl methyl sites for hydroxylation is 1. The molecule has 0 bridgehead atoms. The van der Waals surface area contributed by atoms with Crippen molar-refractivity contribution < 1.29 is 9.32 Å². The van der Waals surface area contributed by atoms with Gasteiger partial charge in [-0.1, -0.05) is 55.5 Å². The number of anilines is 2. The van der Waals surface area contributed by atoms with Gasteiger partial charge in [0.25, 0.3) is 0 Å². The molecule has 162 valence electrons. The van der Waals surface area contributed by atoms with E-state index in [1.807, 2.05) is 45.0 Å². The molecule has 0 unspecified atom stereocenters. The molecule has 32 heavy (non-hydrogen) atoms. The van der Waals surface area contributed by atoms with E-state index in [1.54, 1.807) is 17.4 Å². The number of aromatic nitrogens is 3. The second kappa shape index (κ2) is 7.49. The van der Waals surface area contributed by atoms with Gasteiger partial charge in [-0.2, -0.15) is 0 Å². The molecule has 0 spiro atoms. The van der Waals surface area contributed by atoms with Crippen LogP contribution in [0.25, 0.3) is 26.4 Å². The summed E-state index contributed by atoms with van der Waals surface area (Å²) in [7, 11) is 0. The minimum atomic E-state index is -0.379. The Morgan fingerprint density at radius 1 is 1.06 bits per heavy atom. The number of fused-ring (bicyclic) bond motifs is 3. The van der Waals surface area contributed by atoms with Crippen LogP contribution in [0, 0.1) is 6.92 Å². The van der Waals surface area contributed by atoms with Gasteiger partial charge in [-0.05, 0) is 36.8 Å². The smallest absolute Gasteiger partial charge is 0.324 e. The monoisotopic (exact) mass is 445 g/mol. The van der Waals surface area contributed by atoms with E-state index < -0.39 is 0 Å². The van der Waals surface area contributed by atoms with Crippen LogP contribution in [-0.2, 0) is 5.41 Å². The van der Waals surface area contributed by atoms with Gasteiger partial charge in [-0.3, -0.25) is 9.72 Å². The second-order valence-electron chi connectivity index (χ2n) is 8.83. The first kappa shape index (κ1) is 20.3. The van der Waals surface area contributed by atoms with Crippen LogP contribution in [0.15, 0.2) is 59.3 Å². The summed E-state index contributed by atoms with van der Waals surface area (Å²) in [5, 5.41) is 9.41. The molecule has 2 aromatic carbocycles. The molecule has 8 heteroatoms. The lowest BCUT2D eigenvalue weighted by atomic mass is 9.93. The lowest BCUT2D eigenvalue weighted by Gasteiger charge is -2.12. The van der Waals surface area contributed by atoms with E-state index in [0.717, 1.165) is 21.7 Å². The first-order valence-electron chi connectivity index (χ1n) is 10.3. The molecule has 3 heterocycles. The maximum Gasteiger partial charge on any atom is 0.324 e. The Morgan fingerprint density at radius 2 is 1.84 bits per heavy atom. The number of nitrogens with zero attached hydrogens (tertiary/aromatic N) is 3. The first-order chi connectivity index (χ1) is 15.3. The number of benzene rings is 2. The fourth-order valence-corrected chi connectivity index (χ4v) is 4.54. The highest BCUT2D eigenvalue weighted by Gasteiger charge is 2.20. The third-order valence-corrected chi connectivity index (χ3v) is 6.20. The number of carbonyl (C=O) groups excluding carboxylic acids is 1. The highest BCUT2D eigenvalue weighted by atomic mass is 32.1. The zero-order valence-corrected chi connectivity index (χ0v) is 19.1. The summed E-state index contributed by atoms with van der Waals surface area (Å²) in [6.45, 7) is 8.15. The van der Waals surface area contributed by atoms with E-state index in [4.69, 9.17) is 9.51 Å². The summed E-state index contributed by atoms with van der Waals surface area (Å²) in [5.41, 5.74) is 4.78. The molecule has 5 rings (SSSR count). The van der Waals surface area contributed by atoms with E-state index >= 15 is 0 Å². The van der Waals surface area contributed by atoms with Crippen molar-refractivity contribution in [2.75, 3.05) is 10.6 Å². The highest BCUT2D eigenvalue weighted by Crippen LogP contribution is 2.30. The first-order valence-corrected chi connectivity index (χ1v) is 11.1. The normalized spacial score (nSPS) is 11.9. The van der Waals surface area contributed by atoms with Gasteiger partial charge in [0.1, 0.15) is 5.76 Å². The van der Waals surface area contributed by atoms with Crippen LogP contribution in [-0.4, -0.2) is 20.6 Å². The van der Waals surface area contributed by atoms with Crippen LogP contribution in [0.2, 0.25) is 0 Å². The number of urea groups is 1. The Kier molecular flexibility index (Phi) is 4.74. The standard InChI is InChI=1S/C24H23N5O2S/c1-14-5-10-18-19(11-14)32-23-26-17(13-29(18)23)15-6-8-16(9-7-15)25-22(30)27-21-12-20(31-28-21)24(2,3)4/h5-13H,1-4H3,(H2,25,27,28,30). The van der Waals surface area contributed by atoms with Crippen LogP contribution in [0.5, 0.6) is 0 Å². The lowest BCUT2D eigenvalue weighted by Crippen LogP contribution is -2.19. The molecule has 0 aliphatic heterocycles. The summed E-state index contributed by atoms with van der Waals surface area (Å²) in [6, 6.07) is 15.4. The van der Waals surface area contributed by atoms with Gasteiger partial charge in [-0.25, -0.2) is 9.78 Å². The SMILES string of the molecule is Cc1ccc2c(c1)sc1nc(-c3ccc(NC(=O)Nc4cc(C(C)(C)C)on4)cc3)cn12. The Labute approximate surface area is 189 Å². The van der Waals surface area contributed by atoms with Crippen molar-refractivity contribution in [3.63, 3.8) is 0 Å². The number of carbonyl (C=O) groups is 1. The van der Waals surface area contributed by atoms with Gasteiger partial charge in [0, 0.05) is 28.9 Å². The number of nitrogens with one attached hydrogen (secondary N) is 2. The molecule has 0 aliphatic carbocycles. The molecule has 0 atom stereocenters. The molecule has 0 fully saturated rings. The van der Waals surface area contributed by atoms with Crippen molar-refractivity contribution in [2.45, 2.75) is 33.1 Å². The summed E-state index contributed by atoms with van der Waals surface area (Å²) in [4.78, 5) is 18.1. The van der Waals surface area contributed by atoms with Gasteiger partial charge in [0.05, 0.1) is 15.9 Å². The number of hydrogen-bond acceptors (Lipinski definition) is 5.